The minimum atomic E-state index is -0.734. The van der Waals surface area contributed by atoms with E-state index < -0.39 is 17.8 Å². The Kier molecular flexibility index (Phi) is 4.17. The Labute approximate surface area is 101 Å². The lowest BCUT2D eigenvalue weighted by Gasteiger charge is -2.20. The van der Waals surface area contributed by atoms with Crippen LogP contribution in [0, 0.1) is 0 Å². The summed E-state index contributed by atoms with van der Waals surface area (Å²) in [5.41, 5.74) is 0.223. The fraction of sp³-hybridized carbons (Fsp3) is 0.583. The van der Waals surface area contributed by atoms with Gasteiger partial charge in [0.1, 0.15) is 11.7 Å². The number of nitrogens with one attached hydrogen (secondary N) is 1. The lowest BCUT2D eigenvalue weighted by atomic mass is 10.2. The highest BCUT2D eigenvalue weighted by molar-refractivity contribution is 5.67. The van der Waals surface area contributed by atoms with Crippen molar-refractivity contribution in [1.29, 1.82) is 0 Å². The molecule has 0 fully saturated rings. The van der Waals surface area contributed by atoms with Gasteiger partial charge in [0.15, 0.2) is 0 Å². The van der Waals surface area contributed by atoms with Crippen LogP contribution in [0.2, 0.25) is 0 Å². The van der Waals surface area contributed by atoms with Crippen LogP contribution < -0.4 is 5.32 Å². The third-order valence-corrected chi connectivity index (χ3v) is 2.16. The number of hydrogen-bond donors (Lipinski definition) is 2. The molecule has 1 amide bonds. The normalized spacial score (nSPS) is 13.2. The molecule has 96 valence electrons. The highest BCUT2D eigenvalue weighted by atomic mass is 16.6. The molecule has 0 aliphatic rings. The van der Waals surface area contributed by atoms with Crippen LogP contribution in [-0.2, 0) is 11.8 Å². The number of aliphatic hydroxyl groups excluding tert-OH is 1. The Balaban J connectivity index is 2.41. The number of aryl methyl sites for hydroxylation is 1. The Morgan fingerprint density at radius 3 is 2.71 bits per heavy atom. The number of carbonyl (C=O) groups excluding carboxylic acids is 1. The Bertz CT molecular complexity index is 379. The summed E-state index contributed by atoms with van der Waals surface area (Å²) in [5.74, 6) is 0. The molecule has 0 aliphatic heterocycles. The van der Waals surface area contributed by atoms with Crippen molar-refractivity contribution in [1.82, 2.24) is 9.88 Å². The first-order chi connectivity index (χ1) is 7.79. The number of hydrogen-bond acceptors (Lipinski definition) is 3. The largest absolute Gasteiger partial charge is 0.444 e. The van der Waals surface area contributed by atoms with Crippen LogP contribution in [0.15, 0.2) is 18.3 Å². The molecule has 1 heterocycles. The molecule has 1 aromatic heterocycles. The van der Waals surface area contributed by atoms with Gasteiger partial charge < -0.3 is 19.7 Å². The van der Waals surface area contributed by atoms with Crippen LogP contribution in [0.25, 0.3) is 0 Å². The number of amides is 1. The fourth-order valence-corrected chi connectivity index (χ4v) is 1.42. The molecule has 0 spiro atoms. The van der Waals surface area contributed by atoms with E-state index in [1.165, 1.54) is 0 Å². The smallest absolute Gasteiger partial charge is 0.407 e. The lowest BCUT2D eigenvalue weighted by molar-refractivity contribution is 0.0489. The van der Waals surface area contributed by atoms with Crippen molar-refractivity contribution in [3.05, 3.63) is 24.0 Å². The van der Waals surface area contributed by atoms with E-state index in [0.29, 0.717) is 0 Å². The van der Waals surface area contributed by atoms with Gasteiger partial charge in [-0.3, -0.25) is 0 Å². The first-order valence-electron chi connectivity index (χ1n) is 5.56. The number of alkyl carbamates (subject to hydrolysis) is 1. The summed E-state index contributed by atoms with van der Waals surface area (Å²) in [4.78, 5) is 11.4. The van der Waals surface area contributed by atoms with Crippen LogP contribution in [0.1, 0.15) is 32.6 Å². The molecular weight excluding hydrogens is 220 g/mol. The number of ether oxygens (including phenoxy) is 1. The second kappa shape index (κ2) is 5.23. The van der Waals surface area contributed by atoms with Crippen molar-refractivity contribution < 1.29 is 14.6 Å². The molecule has 0 saturated heterocycles. The standard InChI is InChI=1S/C12H20N2O3/c1-12(2,3)17-11(16)13-8-10(15)9-6-5-7-14(9)4/h5-7,10,15H,8H2,1-4H3,(H,13,16). The van der Waals surface area contributed by atoms with E-state index in [-0.39, 0.29) is 6.54 Å². The van der Waals surface area contributed by atoms with Gasteiger partial charge in [0.05, 0.1) is 6.54 Å². The molecule has 0 aliphatic carbocycles. The predicted molar refractivity (Wildman–Crippen MR) is 64.6 cm³/mol. The second-order valence-electron chi connectivity index (χ2n) is 4.94. The highest BCUT2D eigenvalue weighted by Crippen LogP contribution is 2.12. The van der Waals surface area contributed by atoms with Gasteiger partial charge in [-0.05, 0) is 32.9 Å². The van der Waals surface area contributed by atoms with Gasteiger partial charge in [-0.15, -0.1) is 0 Å². The van der Waals surface area contributed by atoms with Crippen molar-refractivity contribution in [3.63, 3.8) is 0 Å². The third kappa shape index (κ3) is 4.48. The average Bonchev–Trinajstić information content (AvgIpc) is 2.58. The summed E-state index contributed by atoms with van der Waals surface area (Å²) >= 11 is 0. The number of nitrogens with zero attached hydrogens (tertiary/aromatic N) is 1. The van der Waals surface area contributed by atoms with Gasteiger partial charge >= 0.3 is 6.09 Å². The zero-order valence-corrected chi connectivity index (χ0v) is 10.7. The molecule has 0 saturated carbocycles. The first kappa shape index (κ1) is 13.6. The molecule has 2 N–H and O–H groups in total. The zero-order chi connectivity index (χ0) is 13.1. The zero-order valence-electron chi connectivity index (χ0n) is 10.7. The fourth-order valence-electron chi connectivity index (χ4n) is 1.42. The number of aliphatic hydroxyl groups is 1. The minimum Gasteiger partial charge on any atom is -0.444 e. The number of rotatable bonds is 3. The van der Waals surface area contributed by atoms with E-state index in [0.717, 1.165) is 5.69 Å². The van der Waals surface area contributed by atoms with E-state index in [9.17, 15) is 9.90 Å². The van der Waals surface area contributed by atoms with Crippen molar-refractivity contribution in [2.24, 2.45) is 7.05 Å². The molecule has 1 unspecified atom stereocenters. The summed E-state index contributed by atoms with van der Waals surface area (Å²) in [7, 11) is 1.84. The number of carbonyl (C=O) groups is 1. The summed E-state index contributed by atoms with van der Waals surface area (Å²) in [6.07, 6.45) is 0.583. The van der Waals surface area contributed by atoms with Gasteiger partial charge in [-0.2, -0.15) is 0 Å². The Morgan fingerprint density at radius 1 is 1.59 bits per heavy atom. The molecule has 0 aromatic carbocycles. The maximum Gasteiger partial charge on any atom is 0.407 e. The van der Waals surface area contributed by atoms with Crippen LogP contribution in [0.5, 0.6) is 0 Å². The van der Waals surface area contributed by atoms with E-state index in [2.05, 4.69) is 5.32 Å². The molecule has 1 atom stereocenters. The quantitative estimate of drug-likeness (QED) is 0.843. The molecular formula is C12H20N2O3. The van der Waals surface area contributed by atoms with Crippen molar-refractivity contribution in [2.75, 3.05) is 6.54 Å². The van der Waals surface area contributed by atoms with Gasteiger partial charge in [-0.1, -0.05) is 0 Å². The molecule has 1 aromatic rings. The van der Waals surface area contributed by atoms with Crippen molar-refractivity contribution >= 4 is 6.09 Å². The van der Waals surface area contributed by atoms with Gasteiger partial charge in [-0.25, -0.2) is 4.79 Å². The molecule has 1 rings (SSSR count). The summed E-state index contributed by atoms with van der Waals surface area (Å²) < 4.78 is 6.87. The lowest BCUT2D eigenvalue weighted by Crippen LogP contribution is -2.35. The van der Waals surface area contributed by atoms with Gasteiger partial charge in [0, 0.05) is 18.9 Å². The maximum atomic E-state index is 11.4. The Morgan fingerprint density at radius 2 is 2.24 bits per heavy atom. The van der Waals surface area contributed by atoms with Crippen LogP contribution >= 0.6 is 0 Å². The second-order valence-corrected chi connectivity index (χ2v) is 4.94. The summed E-state index contributed by atoms with van der Waals surface area (Å²) in [6, 6.07) is 3.65. The van der Waals surface area contributed by atoms with Gasteiger partial charge in [0.25, 0.3) is 0 Å². The van der Waals surface area contributed by atoms with Crippen LogP contribution in [0.3, 0.4) is 0 Å². The highest BCUT2D eigenvalue weighted by Gasteiger charge is 2.17. The van der Waals surface area contributed by atoms with Crippen LogP contribution in [0.4, 0.5) is 4.79 Å². The maximum absolute atomic E-state index is 11.4. The van der Waals surface area contributed by atoms with E-state index >= 15 is 0 Å². The summed E-state index contributed by atoms with van der Waals surface area (Å²) in [6.45, 7) is 5.51. The Hall–Kier alpha value is -1.49. The average molecular weight is 240 g/mol. The molecule has 5 heteroatoms. The molecule has 0 bridgehead atoms. The third-order valence-electron chi connectivity index (χ3n) is 2.16. The number of aromatic nitrogens is 1. The van der Waals surface area contributed by atoms with Gasteiger partial charge in [0.2, 0.25) is 0 Å². The van der Waals surface area contributed by atoms with E-state index in [1.807, 2.05) is 19.3 Å². The topological polar surface area (TPSA) is 63.5 Å². The minimum absolute atomic E-state index is 0.132. The first-order valence-corrected chi connectivity index (χ1v) is 5.56. The van der Waals surface area contributed by atoms with Crippen LogP contribution in [-0.4, -0.2) is 27.9 Å². The molecule has 17 heavy (non-hydrogen) atoms. The molecule has 0 radical (unpaired) electrons. The van der Waals surface area contributed by atoms with E-state index in [1.54, 1.807) is 31.4 Å². The van der Waals surface area contributed by atoms with E-state index in [4.69, 9.17) is 4.74 Å². The summed E-state index contributed by atoms with van der Waals surface area (Å²) in [5, 5.41) is 12.4. The SMILES string of the molecule is Cn1cccc1C(O)CNC(=O)OC(C)(C)C. The van der Waals surface area contributed by atoms with Crippen molar-refractivity contribution in [2.45, 2.75) is 32.5 Å². The van der Waals surface area contributed by atoms with Crippen molar-refractivity contribution in [3.8, 4) is 0 Å². The molecule has 5 nitrogen and oxygen atoms in total. The monoisotopic (exact) mass is 240 g/mol. The predicted octanol–water partition coefficient (Wildman–Crippen LogP) is 1.58.